The van der Waals surface area contributed by atoms with Gasteiger partial charge in [-0.3, -0.25) is 15.0 Å². The summed E-state index contributed by atoms with van der Waals surface area (Å²) in [6.07, 6.45) is 8.45. The predicted octanol–water partition coefficient (Wildman–Crippen LogP) is -1.66. The first-order valence-electron chi connectivity index (χ1n) is 7.26. The van der Waals surface area contributed by atoms with Gasteiger partial charge in [-0.2, -0.15) is 0 Å². The van der Waals surface area contributed by atoms with E-state index in [0.717, 1.165) is 0 Å². The van der Waals surface area contributed by atoms with E-state index in [1.54, 1.807) is 0 Å². The van der Waals surface area contributed by atoms with Gasteiger partial charge < -0.3 is 29.7 Å². The third-order valence-corrected chi connectivity index (χ3v) is 2.75. The van der Waals surface area contributed by atoms with Crippen molar-refractivity contribution in [1.82, 2.24) is 15.0 Å². The maximum Gasteiger partial charge on any atom is 3.00 e. The smallest absolute Gasteiger partial charge is 0.545 e. The Morgan fingerprint density at radius 1 is 0.500 bits per heavy atom. The second-order valence-electron chi connectivity index (χ2n) is 4.57. The van der Waals surface area contributed by atoms with Gasteiger partial charge in [0.2, 0.25) is 0 Å². The zero-order valence-corrected chi connectivity index (χ0v) is 16.3. The average molecular weight is 524 g/mol. The zero-order valence-electron chi connectivity index (χ0n) is 14.1. The number of rotatable bonds is 3. The number of hydrogen-bond acceptors (Lipinski definition) is 9. The van der Waals surface area contributed by atoms with Gasteiger partial charge in [-0.25, -0.2) is 0 Å². The summed E-state index contributed by atoms with van der Waals surface area (Å²) in [5, 5.41) is 30.2. The van der Waals surface area contributed by atoms with Crippen molar-refractivity contribution in [1.29, 1.82) is 0 Å². The molecule has 3 aromatic rings. The minimum atomic E-state index is -1.17. The SMILES string of the molecule is O=C([O-])c1ccncc1.O=C([O-])c1ccncc1.O=C([O-])c1ccncc1.[Gd+3]. The van der Waals surface area contributed by atoms with E-state index in [1.165, 1.54) is 73.6 Å². The van der Waals surface area contributed by atoms with Crippen LogP contribution in [0.15, 0.2) is 73.6 Å². The molecule has 3 rings (SSSR count). The average Bonchev–Trinajstić information content (AvgIpc) is 2.71. The first kappa shape index (κ1) is 25.2. The van der Waals surface area contributed by atoms with Crippen LogP contribution in [0, 0.1) is 39.9 Å². The van der Waals surface area contributed by atoms with Gasteiger partial charge in [0.25, 0.3) is 0 Å². The topological polar surface area (TPSA) is 159 Å². The summed E-state index contributed by atoms with van der Waals surface area (Å²) >= 11 is 0. The van der Waals surface area contributed by atoms with Crippen molar-refractivity contribution in [2.75, 3.05) is 0 Å². The molecule has 0 aliphatic rings. The Balaban J connectivity index is 0.000000384. The number of carbonyl (C=O) groups is 3. The number of aromatic carboxylic acids is 3. The van der Waals surface area contributed by atoms with Gasteiger partial charge in [-0.1, -0.05) is 0 Å². The van der Waals surface area contributed by atoms with Gasteiger partial charge in [0.1, 0.15) is 0 Å². The van der Waals surface area contributed by atoms with E-state index in [4.69, 9.17) is 0 Å². The minimum absolute atomic E-state index is 0. The largest absolute Gasteiger partial charge is 3.00 e. The Morgan fingerprint density at radius 2 is 0.679 bits per heavy atom. The van der Waals surface area contributed by atoms with Crippen LogP contribution >= 0.6 is 0 Å². The first-order valence-corrected chi connectivity index (χ1v) is 7.26. The number of carboxylic acids is 3. The molecule has 0 fully saturated rings. The molecule has 0 bridgehead atoms. The Kier molecular flexibility index (Phi) is 12.8. The Labute approximate surface area is 191 Å². The van der Waals surface area contributed by atoms with E-state index in [9.17, 15) is 29.7 Å². The van der Waals surface area contributed by atoms with Gasteiger partial charge in [0.15, 0.2) is 0 Å². The molecule has 143 valence electrons. The van der Waals surface area contributed by atoms with E-state index < -0.39 is 17.9 Å². The van der Waals surface area contributed by atoms with Crippen LogP contribution in [0.1, 0.15) is 31.1 Å². The molecule has 3 heterocycles. The predicted molar refractivity (Wildman–Crippen MR) is 85.7 cm³/mol. The fourth-order valence-electron chi connectivity index (χ4n) is 1.46. The molecule has 1 radical (unpaired) electrons. The number of pyridine rings is 3. The molecule has 28 heavy (non-hydrogen) atoms. The molecule has 0 aliphatic heterocycles. The summed E-state index contributed by atoms with van der Waals surface area (Å²) in [6.45, 7) is 0. The number of aromatic nitrogens is 3. The number of carboxylic acid groups (broad SMARTS) is 3. The summed E-state index contributed by atoms with van der Waals surface area (Å²) in [6, 6.07) is 8.31. The molecule has 0 aromatic carbocycles. The van der Waals surface area contributed by atoms with Crippen molar-refractivity contribution in [2.24, 2.45) is 0 Å². The molecule has 0 unspecified atom stereocenters. The van der Waals surface area contributed by atoms with Gasteiger partial charge in [0, 0.05) is 53.9 Å². The van der Waals surface area contributed by atoms with E-state index in [-0.39, 0.29) is 56.6 Å². The molecule has 0 amide bonds. The quantitative estimate of drug-likeness (QED) is 0.391. The van der Waals surface area contributed by atoms with Crippen molar-refractivity contribution in [3.05, 3.63) is 90.3 Å². The van der Waals surface area contributed by atoms with Crippen LogP contribution in [0.5, 0.6) is 0 Å². The van der Waals surface area contributed by atoms with E-state index in [2.05, 4.69) is 15.0 Å². The van der Waals surface area contributed by atoms with Crippen molar-refractivity contribution >= 4 is 17.9 Å². The second-order valence-corrected chi connectivity index (χ2v) is 4.57. The van der Waals surface area contributed by atoms with Crippen LogP contribution < -0.4 is 15.3 Å². The van der Waals surface area contributed by atoms with Crippen LogP contribution in [0.4, 0.5) is 0 Å². The Morgan fingerprint density at radius 3 is 0.786 bits per heavy atom. The molecule has 10 heteroatoms. The summed E-state index contributed by atoms with van der Waals surface area (Å²) < 4.78 is 0. The van der Waals surface area contributed by atoms with E-state index in [1.807, 2.05) is 0 Å². The monoisotopic (exact) mass is 524 g/mol. The van der Waals surface area contributed by atoms with Crippen LogP contribution in [0.25, 0.3) is 0 Å². The van der Waals surface area contributed by atoms with Crippen molar-refractivity contribution in [2.45, 2.75) is 0 Å². The van der Waals surface area contributed by atoms with Crippen LogP contribution in [-0.2, 0) is 0 Å². The number of hydrogen-bond donors (Lipinski definition) is 0. The summed E-state index contributed by atoms with van der Waals surface area (Å²) in [7, 11) is 0. The van der Waals surface area contributed by atoms with Crippen LogP contribution in [0.2, 0.25) is 0 Å². The minimum Gasteiger partial charge on any atom is -0.545 e. The van der Waals surface area contributed by atoms with Crippen molar-refractivity contribution in [3.63, 3.8) is 0 Å². The molecule has 9 nitrogen and oxygen atoms in total. The van der Waals surface area contributed by atoms with Crippen molar-refractivity contribution in [3.8, 4) is 0 Å². The van der Waals surface area contributed by atoms with Gasteiger partial charge >= 0.3 is 39.9 Å². The normalized spacial score (nSPS) is 8.57. The third-order valence-electron chi connectivity index (χ3n) is 2.75. The van der Waals surface area contributed by atoms with E-state index in [0.29, 0.717) is 0 Å². The fourth-order valence-corrected chi connectivity index (χ4v) is 1.46. The molecular formula is C18H12GdN3O6. The number of carbonyl (C=O) groups excluding carboxylic acids is 3. The van der Waals surface area contributed by atoms with Gasteiger partial charge in [0.05, 0.1) is 17.9 Å². The Hall–Kier alpha value is -2.82. The molecule has 0 spiro atoms. The molecule has 0 aliphatic carbocycles. The molecule has 0 saturated heterocycles. The third kappa shape index (κ3) is 10.4. The maximum absolute atomic E-state index is 10.1. The summed E-state index contributed by atoms with van der Waals surface area (Å²) in [4.78, 5) is 41.1. The second kappa shape index (κ2) is 14.3. The summed E-state index contributed by atoms with van der Waals surface area (Å²) in [5.41, 5.74) is 0.472. The Bertz CT molecular complexity index is 747. The van der Waals surface area contributed by atoms with Gasteiger partial charge in [-0.05, 0) is 36.4 Å². The summed E-state index contributed by atoms with van der Waals surface area (Å²) in [5.74, 6) is -3.51. The van der Waals surface area contributed by atoms with E-state index >= 15 is 0 Å². The zero-order chi connectivity index (χ0) is 20.1. The molecule has 0 saturated carbocycles. The molecule has 0 atom stereocenters. The van der Waals surface area contributed by atoms with Crippen molar-refractivity contribution < 1.29 is 69.6 Å². The van der Waals surface area contributed by atoms with Crippen LogP contribution in [-0.4, -0.2) is 32.9 Å². The van der Waals surface area contributed by atoms with Gasteiger partial charge in [-0.15, -0.1) is 0 Å². The number of nitrogens with zero attached hydrogens (tertiary/aromatic N) is 3. The maximum atomic E-state index is 10.1. The standard InChI is InChI=1S/3C6H5NO2.Gd/c3*8-6(9)5-1-3-7-4-2-5;/h3*1-4H,(H,8,9);/q;;;+3/p-3. The van der Waals surface area contributed by atoms with Crippen LogP contribution in [0.3, 0.4) is 0 Å². The molecule has 3 aromatic heterocycles. The molecular weight excluding hydrogens is 511 g/mol. The first-order chi connectivity index (χ1) is 12.9. The molecule has 0 N–H and O–H groups in total. The fraction of sp³-hybridized carbons (Fsp3) is 0.